The molecule has 168 valence electrons. The van der Waals surface area contributed by atoms with Crippen LogP contribution in [0, 0.1) is 12.3 Å². The second-order valence-corrected chi connectivity index (χ2v) is 7.83. The standard InChI is InChI=1S/C24H28N4O4/c1-3-14-32-18-11-13-28(24(31)20-10-7-12-27(20)2)21(16-18)23(30)26-19(22(25)29)15-17-8-5-4-6-9-17/h1,4-10,12,18-19,21H,11,13-16H2,2H3,(H2,25,29)(H,26,30). The summed E-state index contributed by atoms with van der Waals surface area (Å²) < 4.78 is 7.36. The number of aryl methyl sites for hydroxylation is 1. The third kappa shape index (κ3) is 5.56. The van der Waals surface area contributed by atoms with Crippen molar-refractivity contribution in [2.75, 3.05) is 13.2 Å². The van der Waals surface area contributed by atoms with E-state index in [-0.39, 0.29) is 31.5 Å². The van der Waals surface area contributed by atoms with Gasteiger partial charge in [0, 0.05) is 32.6 Å². The second kappa shape index (κ2) is 10.6. The van der Waals surface area contributed by atoms with Crippen LogP contribution in [0.15, 0.2) is 48.7 Å². The summed E-state index contributed by atoms with van der Waals surface area (Å²) in [5.41, 5.74) is 6.90. The van der Waals surface area contributed by atoms with E-state index in [9.17, 15) is 14.4 Å². The Balaban J connectivity index is 1.79. The van der Waals surface area contributed by atoms with Crippen LogP contribution in [0.3, 0.4) is 0 Å². The van der Waals surface area contributed by atoms with Gasteiger partial charge in [0.2, 0.25) is 11.8 Å². The number of rotatable bonds is 8. The number of likely N-dealkylation sites (tertiary alicyclic amines) is 1. The molecule has 8 nitrogen and oxygen atoms in total. The number of primary amides is 1. The first-order chi connectivity index (χ1) is 15.4. The zero-order valence-electron chi connectivity index (χ0n) is 18.1. The first-order valence-electron chi connectivity index (χ1n) is 10.5. The summed E-state index contributed by atoms with van der Waals surface area (Å²) in [4.78, 5) is 40.0. The zero-order chi connectivity index (χ0) is 23.1. The lowest BCUT2D eigenvalue weighted by atomic mass is 9.97. The number of amides is 3. The Labute approximate surface area is 187 Å². The molecule has 0 radical (unpaired) electrons. The molecular weight excluding hydrogens is 408 g/mol. The van der Waals surface area contributed by atoms with Gasteiger partial charge >= 0.3 is 0 Å². The molecule has 2 aromatic rings. The van der Waals surface area contributed by atoms with Crippen molar-refractivity contribution in [2.45, 2.75) is 37.5 Å². The number of nitrogens with zero attached hydrogens (tertiary/aromatic N) is 2. The van der Waals surface area contributed by atoms with Crippen molar-refractivity contribution in [3.8, 4) is 12.3 Å². The third-order valence-electron chi connectivity index (χ3n) is 5.63. The summed E-state index contributed by atoms with van der Waals surface area (Å²) in [6, 6.07) is 11.1. The van der Waals surface area contributed by atoms with Crippen LogP contribution in [-0.2, 0) is 27.8 Å². The van der Waals surface area contributed by atoms with E-state index in [0.29, 0.717) is 18.7 Å². The van der Waals surface area contributed by atoms with Gasteiger partial charge < -0.3 is 25.3 Å². The Morgan fingerprint density at radius 1 is 1.25 bits per heavy atom. The topological polar surface area (TPSA) is 107 Å². The predicted octanol–water partition coefficient (Wildman–Crippen LogP) is 0.861. The lowest BCUT2D eigenvalue weighted by Crippen LogP contribution is -2.58. The fraction of sp³-hybridized carbons (Fsp3) is 0.375. The first-order valence-corrected chi connectivity index (χ1v) is 10.5. The van der Waals surface area contributed by atoms with Gasteiger partial charge in [0.05, 0.1) is 6.10 Å². The van der Waals surface area contributed by atoms with Crippen LogP contribution in [0.1, 0.15) is 28.9 Å². The summed E-state index contributed by atoms with van der Waals surface area (Å²) in [6.45, 7) is 0.458. The van der Waals surface area contributed by atoms with Crippen LogP contribution in [-0.4, -0.2) is 58.5 Å². The van der Waals surface area contributed by atoms with Gasteiger partial charge in [-0.25, -0.2) is 0 Å². The molecule has 2 heterocycles. The number of carbonyl (C=O) groups is 3. The van der Waals surface area contributed by atoms with E-state index < -0.39 is 23.9 Å². The number of benzene rings is 1. The average Bonchev–Trinajstić information content (AvgIpc) is 3.23. The first kappa shape index (κ1) is 23.1. The van der Waals surface area contributed by atoms with Crippen molar-refractivity contribution in [1.82, 2.24) is 14.8 Å². The van der Waals surface area contributed by atoms with Gasteiger partial charge in [-0.2, -0.15) is 0 Å². The fourth-order valence-corrected chi connectivity index (χ4v) is 3.91. The highest BCUT2D eigenvalue weighted by molar-refractivity contribution is 5.97. The Bertz CT molecular complexity index is 995. The summed E-state index contributed by atoms with van der Waals surface area (Å²) in [7, 11) is 1.77. The van der Waals surface area contributed by atoms with Crippen LogP contribution >= 0.6 is 0 Å². The molecule has 0 spiro atoms. The molecular formula is C24H28N4O4. The monoisotopic (exact) mass is 436 g/mol. The van der Waals surface area contributed by atoms with Crippen molar-refractivity contribution >= 4 is 17.7 Å². The molecule has 1 aliphatic rings. The van der Waals surface area contributed by atoms with Gasteiger partial charge in [0.1, 0.15) is 24.4 Å². The molecule has 1 fully saturated rings. The molecule has 32 heavy (non-hydrogen) atoms. The number of terminal acetylenes is 1. The number of nitrogens with two attached hydrogens (primary N) is 1. The van der Waals surface area contributed by atoms with E-state index in [1.54, 1.807) is 29.9 Å². The summed E-state index contributed by atoms with van der Waals surface area (Å²) in [5, 5.41) is 2.75. The van der Waals surface area contributed by atoms with Crippen molar-refractivity contribution in [3.05, 3.63) is 59.9 Å². The van der Waals surface area contributed by atoms with Gasteiger partial charge in [-0.1, -0.05) is 36.3 Å². The lowest BCUT2D eigenvalue weighted by Gasteiger charge is -2.38. The number of aromatic nitrogens is 1. The normalized spacial score (nSPS) is 19.1. The number of carbonyl (C=O) groups excluding carboxylic acids is 3. The quantitative estimate of drug-likeness (QED) is 0.599. The Hall–Kier alpha value is -3.57. The summed E-state index contributed by atoms with van der Waals surface area (Å²) >= 11 is 0. The minimum atomic E-state index is -0.899. The van der Waals surface area contributed by atoms with Crippen molar-refractivity contribution in [3.63, 3.8) is 0 Å². The number of nitrogens with one attached hydrogen (secondary N) is 1. The van der Waals surface area contributed by atoms with E-state index in [1.807, 2.05) is 30.3 Å². The SMILES string of the molecule is C#CCOC1CCN(C(=O)c2cccn2C)C(C(=O)NC(Cc2ccccc2)C(N)=O)C1. The van der Waals surface area contributed by atoms with Gasteiger partial charge in [-0.15, -0.1) is 6.42 Å². The Morgan fingerprint density at radius 3 is 2.62 bits per heavy atom. The van der Waals surface area contributed by atoms with Crippen molar-refractivity contribution in [1.29, 1.82) is 0 Å². The maximum absolute atomic E-state index is 13.3. The van der Waals surface area contributed by atoms with E-state index in [0.717, 1.165) is 5.56 Å². The minimum Gasteiger partial charge on any atom is -0.368 e. The second-order valence-electron chi connectivity index (χ2n) is 7.83. The molecule has 1 saturated heterocycles. The van der Waals surface area contributed by atoms with Crippen LogP contribution in [0.4, 0.5) is 0 Å². The molecule has 1 aromatic carbocycles. The highest BCUT2D eigenvalue weighted by Crippen LogP contribution is 2.23. The predicted molar refractivity (Wildman–Crippen MR) is 119 cm³/mol. The van der Waals surface area contributed by atoms with E-state index in [2.05, 4.69) is 11.2 Å². The molecule has 3 rings (SSSR count). The van der Waals surface area contributed by atoms with Crippen molar-refractivity contribution < 1.29 is 19.1 Å². The fourth-order valence-electron chi connectivity index (χ4n) is 3.91. The molecule has 0 bridgehead atoms. The average molecular weight is 437 g/mol. The van der Waals surface area contributed by atoms with Gasteiger partial charge in [-0.3, -0.25) is 14.4 Å². The molecule has 0 aliphatic carbocycles. The minimum absolute atomic E-state index is 0.128. The highest BCUT2D eigenvalue weighted by Gasteiger charge is 2.38. The summed E-state index contributed by atoms with van der Waals surface area (Å²) in [6.07, 6.45) is 7.90. The smallest absolute Gasteiger partial charge is 0.271 e. The van der Waals surface area contributed by atoms with E-state index in [1.165, 1.54) is 4.90 Å². The maximum atomic E-state index is 13.3. The molecule has 1 aliphatic heterocycles. The van der Waals surface area contributed by atoms with E-state index in [4.69, 9.17) is 16.9 Å². The van der Waals surface area contributed by atoms with Crippen LogP contribution < -0.4 is 11.1 Å². The number of piperidine rings is 1. The summed E-state index contributed by atoms with van der Waals surface area (Å²) in [5.74, 6) is 1.09. The lowest BCUT2D eigenvalue weighted by molar-refractivity contribution is -0.132. The molecule has 3 unspecified atom stereocenters. The molecule has 3 N–H and O–H groups in total. The highest BCUT2D eigenvalue weighted by atomic mass is 16.5. The molecule has 1 aromatic heterocycles. The molecule has 0 saturated carbocycles. The van der Waals surface area contributed by atoms with Gasteiger partial charge in [-0.05, 0) is 24.1 Å². The number of hydrogen-bond acceptors (Lipinski definition) is 4. The molecule has 8 heteroatoms. The molecule has 3 atom stereocenters. The molecule has 3 amide bonds. The van der Waals surface area contributed by atoms with Crippen molar-refractivity contribution in [2.24, 2.45) is 12.8 Å². The zero-order valence-corrected chi connectivity index (χ0v) is 18.1. The van der Waals surface area contributed by atoms with Gasteiger partial charge in [0.25, 0.3) is 5.91 Å². The van der Waals surface area contributed by atoms with E-state index >= 15 is 0 Å². The Morgan fingerprint density at radius 2 is 2.00 bits per heavy atom. The Kier molecular flexibility index (Phi) is 7.68. The number of hydrogen-bond donors (Lipinski definition) is 2. The van der Waals surface area contributed by atoms with Crippen LogP contribution in [0.25, 0.3) is 0 Å². The van der Waals surface area contributed by atoms with Gasteiger partial charge in [0.15, 0.2) is 0 Å². The van der Waals surface area contributed by atoms with Crippen LogP contribution in [0.2, 0.25) is 0 Å². The number of ether oxygens (including phenoxy) is 1. The largest absolute Gasteiger partial charge is 0.368 e. The maximum Gasteiger partial charge on any atom is 0.271 e. The van der Waals surface area contributed by atoms with Crippen LogP contribution in [0.5, 0.6) is 0 Å². The third-order valence-corrected chi connectivity index (χ3v) is 5.63.